The molecule has 24 heavy (non-hydrogen) atoms. The molecule has 2 saturated heterocycles. The van der Waals surface area contributed by atoms with Crippen molar-refractivity contribution in [3.63, 3.8) is 0 Å². The second kappa shape index (κ2) is 8.65. The summed E-state index contributed by atoms with van der Waals surface area (Å²) in [5, 5.41) is 3.96. The SMILES string of the molecule is CN=C(NCCc1ccc(Cl)nc1)N1CCOC(C2CCCO2)C1. The number of hydrogen-bond donors (Lipinski definition) is 1. The fourth-order valence-electron chi connectivity index (χ4n) is 3.19. The maximum Gasteiger partial charge on any atom is 0.193 e. The minimum absolute atomic E-state index is 0.139. The Bertz CT molecular complexity index is 546. The Balaban J connectivity index is 1.49. The Morgan fingerprint density at radius 1 is 1.38 bits per heavy atom. The molecule has 0 radical (unpaired) electrons. The van der Waals surface area contributed by atoms with E-state index < -0.39 is 0 Å². The van der Waals surface area contributed by atoms with Gasteiger partial charge in [0, 0.05) is 39.5 Å². The Labute approximate surface area is 148 Å². The number of pyridine rings is 1. The molecule has 1 aromatic rings. The molecule has 0 bridgehead atoms. The maximum atomic E-state index is 5.90. The van der Waals surface area contributed by atoms with Crippen molar-refractivity contribution in [3.05, 3.63) is 29.0 Å². The molecule has 1 N–H and O–H groups in total. The smallest absolute Gasteiger partial charge is 0.193 e. The van der Waals surface area contributed by atoms with E-state index >= 15 is 0 Å². The van der Waals surface area contributed by atoms with Gasteiger partial charge in [-0.15, -0.1) is 0 Å². The van der Waals surface area contributed by atoms with Gasteiger partial charge in [-0.3, -0.25) is 4.99 Å². The molecule has 2 fully saturated rings. The number of rotatable bonds is 4. The monoisotopic (exact) mass is 352 g/mol. The fraction of sp³-hybridized carbons (Fsp3) is 0.647. The van der Waals surface area contributed by atoms with Crippen LogP contribution < -0.4 is 5.32 Å². The lowest BCUT2D eigenvalue weighted by Gasteiger charge is -2.37. The quantitative estimate of drug-likeness (QED) is 0.508. The third kappa shape index (κ3) is 4.59. The van der Waals surface area contributed by atoms with Gasteiger partial charge in [-0.25, -0.2) is 4.98 Å². The molecule has 2 aliphatic heterocycles. The van der Waals surface area contributed by atoms with E-state index in [0.29, 0.717) is 11.8 Å². The van der Waals surface area contributed by atoms with Gasteiger partial charge in [0.05, 0.1) is 12.7 Å². The van der Waals surface area contributed by atoms with Crippen molar-refractivity contribution in [1.29, 1.82) is 0 Å². The highest BCUT2D eigenvalue weighted by molar-refractivity contribution is 6.29. The molecule has 6 nitrogen and oxygen atoms in total. The van der Waals surface area contributed by atoms with Crippen LogP contribution in [0.3, 0.4) is 0 Å². The largest absolute Gasteiger partial charge is 0.375 e. The lowest BCUT2D eigenvalue weighted by molar-refractivity contribution is -0.0816. The second-order valence-corrected chi connectivity index (χ2v) is 6.51. The van der Waals surface area contributed by atoms with E-state index in [4.69, 9.17) is 21.1 Å². The van der Waals surface area contributed by atoms with Gasteiger partial charge in [-0.05, 0) is 30.9 Å². The van der Waals surface area contributed by atoms with E-state index in [2.05, 4.69) is 20.2 Å². The van der Waals surface area contributed by atoms with Crippen molar-refractivity contribution >= 4 is 17.6 Å². The predicted molar refractivity (Wildman–Crippen MR) is 94.6 cm³/mol. The van der Waals surface area contributed by atoms with E-state index in [1.807, 2.05) is 25.4 Å². The highest BCUT2D eigenvalue weighted by atomic mass is 35.5. The molecule has 0 spiro atoms. The lowest BCUT2D eigenvalue weighted by Crippen LogP contribution is -2.53. The van der Waals surface area contributed by atoms with E-state index in [1.165, 1.54) is 0 Å². The summed E-state index contributed by atoms with van der Waals surface area (Å²) in [5.41, 5.74) is 1.15. The van der Waals surface area contributed by atoms with Crippen LogP contribution in [-0.2, 0) is 15.9 Å². The highest BCUT2D eigenvalue weighted by Crippen LogP contribution is 2.21. The average Bonchev–Trinajstić information content (AvgIpc) is 3.15. The first-order chi connectivity index (χ1) is 11.8. The summed E-state index contributed by atoms with van der Waals surface area (Å²) in [5.74, 6) is 0.920. The van der Waals surface area contributed by atoms with Crippen molar-refractivity contribution in [2.75, 3.05) is 39.9 Å². The third-order valence-corrected chi connectivity index (χ3v) is 4.69. The predicted octanol–water partition coefficient (Wildman–Crippen LogP) is 1.73. The van der Waals surface area contributed by atoms with Gasteiger partial charge < -0.3 is 19.7 Å². The molecule has 2 atom stereocenters. The van der Waals surface area contributed by atoms with Crippen molar-refractivity contribution in [1.82, 2.24) is 15.2 Å². The number of ether oxygens (including phenoxy) is 2. The van der Waals surface area contributed by atoms with Crippen molar-refractivity contribution < 1.29 is 9.47 Å². The van der Waals surface area contributed by atoms with Crippen molar-refractivity contribution in [2.45, 2.75) is 31.5 Å². The van der Waals surface area contributed by atoms with Gasteiger partial charge in [0.2, 0.25) is 0 Å². The van der Waals surface area contributed by atoms with Gasteiger partial charge in [0.25, 0.3) is 0 Å². The normalized spacial score (nSPS) is 25.1. The molecular weight excluding hydrogens is 328 g/mol. The highest BCUT2D eigenvalue weighted by Gasteiger charge is 2.32. The first-order valence-corrected chi connectivity index (χ1v) is 8.93. The number of hydrogen-bond acceptors (Lipinski definition) is 4. The van der Waals surface area contributed by atoms with Crippen LogP contribution in [0.4, 0.5) is 0 Å². The maximum absolute atomic E-state index is 5.90. The summed E-state index contributed by atoms with van der Waals surface area (Å²) >= 11 is 5.81. The Kier molecular flexibility index (Phi) is 6.29. The minimum atomic E-state index is 0.139. The summed E-state index contributed by atoms with van der Waals surface area (Å²) in [4.78, 5) is 10.8. The van der Waals surface area contributed by atoms with E-state index in [-0.39, 0.29) is 12.2 Å². The molecule has 1 aromatic heterocycles. The number of nitrogens with one attached hydrogen (secondary N) is 1. The van der Waals surface area contributed by atoms with Gasteiger partial charge in [0.1, 0.15) is 11.3 Å². The average molecular weight is 353 g/mol. The number of guanidine groups is 1. The zero-order valence-electron chi connectivity index (χ0n) is 14.1. The van der Waals surface area contributed by atoms with Crippen LogP contribution in [0.25, 0.3) is 0 Å². The van der Waals surface area contributed by atoms with Crippen LogP contribution >= 0.6 is 11.6 Å². The molecule has 0 aliphatic carbocycles. The lowest BCUT2D eigenvalue weighted by atomic mass is 10.1. The molecular formula is C17H25ClN4O2. The van der Waals surface area contributed by atoms with Crippen LogP contribution in [0.15, 0.2) is 23.3 Å². The number of morpholine rings is 1. The fourth-order valence-corrected chi connectivity index (χ4v) is 3.31. The van der Waals surface area contributed by atoms with Crippen LogP contribution in [0.5, 0.6) is 0 Å². The molecule has 0 saturated carbocycles. The minimum Gasteiger partial charge on any atom is -0.375 e. The number of aromatic nitrogens is 1. The second-order valence-electron chi connectivity index (χ2n) is 6.12. The zero-order chi connectivity index (χ0) is 16.8. The molecule has 3 rings (SSSR count). The van der Waals surface area contributed by atoms with Crippen LogP contribution in [-0.4, -0.2) is 67.9 Å². The summed E-state index contributed by atoms with van der Waals surface area (Å²) in [6.45, 7) is 4.05. The summed E-state index contributed by atoms with van der Waals surface area (Å²) in [7, 11) is 1.82. The standard InChI is InChI=1S/C17H25ClN4O2/c1-19-17(20-7-6-13-4-5-16(18)21-11-13)22-8-10-24-15(12-22)14-3-2-9-23-14/h4-5,11,14-15H,2-3,6-10,12H2,1H3,(H,19,20). The summed E-state index contributed by atoms with van der Waals surface area (Å²) in [6.07, 6.45) is 5.28. The molecule has 3 heterocycles. The zero-order valence-corrected chi connectivity index (χ0v) is 14.8. The van der Waals surface area contributed by atoms with E-state index in [9.17, 15) is 0 Å². The van der Waals surface area contributed by atoms with Crippen molar-refractivity contribution in [3.8, 4) is 0 Å². The first-order valence-electron chi connectivity index (χ1n) is 8.55. The first kappa shape index (κ1) is 17.5. The number of aliphatic imine (C=N–C) groups is 1. The number of nitrogens with zero attached hydrogens (tertiary/aromatic N) is 3. The summed E-state index contributed by atoms with van der Waals surface area (Å²) in [6, 6.07) is 3.82. The van der Waals surface area contributed by atoms with Gasteiger partial charge in [-0.2, -0.15) is 0 Å². The van der Waals surface area contributed by atoms with Gasteiger partial charge in [0.15, 0.2) is 5.96 Å². The molecule has 0 aromatic carbocycles. The topological polar surface area (TPSA) is 59.0 Å². The van der Waals surface area contributed by atoms with Crippen LogP contribution in [0.1, 0.15) is 18.4 Å². The van der Waals surface area contributed by atoms with Crippen molar-refractivity contribution in [2.24, 2.45) is 4.99 Å². The Morgan fingerprint density at radius 3 is 2.96 bits per heavy atom. The molecule has 0 amide bonds. The Hall–Kier alpha value is -1.37. The van der Waals surface area contributed by atoms with Gasteiger partial charge in [-0.1, -0.05) is 17.7 Å². The molecule has 2 aliphatic rings. The van der Waals surface area contributed by atoms with Crippen LogP contribution in [0.2, 0.25) is 5.15 Å². The number of halogens is 1. The molecule has 132 valence electrons. The molecule has 2 unspecified atom stereocenters. The third-order valence-electron chi connectivity index (χ3n) is 4.47. The Morgan fingerprint density at radius 2 is 2.25 bits per heavy atom. The van der Waals surface area contributed by atoms with Crippen LogP contribution in [0, 0.1) is 0 Å². The molecule has 7 heteroatoms. The summed E-state index contributed by atoms with van der Waals surface area (Å²) < 4.78 is 11.7. The van der Waals surface area contributed by atoms with Gasteiger partial charge >= 0.3 is 0 Å². The van der Waals surface area contributed by atoms with E-state index in [1.54, 1.807) is 0 Å². The van der Waals surface area contributed by atoms with E-state index in [0.717, 1.165) is 57.0 Å².